The van der Waals surface area contributed by atoms with Gasteiger partial charge in [0.1, 0.15) is 5.75 Å². The summed E-state index contributed by atoms with van der Waals surface area (Å²) in [5.74, 6) is -1.76. The van der Waals surface area contributed by atoms with Gasteiger partial charge in [0.05, 0.1) is 23.7 Å². The number of carboxylic acid groups (broad SMARTS) is 1. The lowest BCUT2D eigenvalue weighted by Gasteiger charge is -2.17. The summed E-state index contributed by atoms with van der Waals surface area (Å²) in [6, 6.07) is 21.0. The number of H-pyrrole nitrogens is 1. The monoisotopic (exact) mass is 606 g/mol. The number of alkyl halides is 3. The number of carboxylic acids is 1. The molecular formula is C33H33F3N4O4. The van der Waals surface area contributed by atoms with Gasteiger partial charge in [-0.15, -0.1) is 0 Å². The first-order valence-corrected chi connectivity index (χ1v) is 14.3. The molecule has 1 saturated carbocycles. The van der Waals surface area contributed by atoms with E-state index in [1.807, 2.05) is 18.2 Å². The number of rotatable bonds is 8. The number of carbonyl (C=O) groups excluding carboxylic acids is 1. The second kappa shape index (κ2) is 12.2. The first-order valence-electron chi connectivity index (χ1n) is 14.3. The van der Waals surface area contributed by atoms with Crippen LogP contribution in [-0.2, 0) is 21.5 Å². The third-order valence-electron chi connectivity index (χ3n) is 8.30. The lowest BCUT2D eigenvalue weighted by Crippen LogP contribution is -2.21. The van der Waals surface area contributed by atoms with E-state index < -0.39 is 17.6 Å². The number of aromatic nitrogens is 2. The van der Waals surface area contributed by atoms with Crippen molar-refractivity contribution in [2.24, 2.45) is 0 Å². The molecular weight excluding hydrogens is 573 g/mol. The predicted molar refractivity (Wildman–Crippen MR) is 162 cm³/mol. The van der Waals surface area contributed by atoms with E-state index in [-0.39, 0.29) is 11.8 Å². The molecule has 6 rings (SSSR count). The van der Waals surface area contributed by atoms with Crippen LogP contribution in [0.1, 0.15) is 54.1 Å². The predicted octanol–water partition coefficient (Wildman–Crippen LogP) is 6.59. The average molecular weight is 607 g/mol. The molecule has 230 valence electrons. The minimum Gasteiger partial charge on any atom is -0.497 e. The van der Waals surface area contributed by atoms with Crippen molar-refractivity contribution in [2.75, 3.05) is 25.5 Å². The van der Waals surface area contributed by atoms with Gasteiger partial charge < -0.3 is 15.2 Å². The fraction of sp³-hybridized carbons (Fsp3) is 0.303. The molecule has 1 aliphatic carbocycles. The molecule has 2 atom stereocenters. The van der Waals surface area contributed by atoms with Crippen LogP contribution in [0.15, 0.2) is 60.7 Å². The molecule has 3 aromatic carbocycles. The highest BCUT2D eigenvalue weighted by molar-refractivity contribution is 6.10. The van der Waals surface area contributed by atoms with Gasteiger partial charge in [0.2, 0.25) is 5.91 Å². The molecule has 1 fully saturated rings. The topological polar surface area (TPSA) is 108 Å². The van der Waals surface area contributed by atoms with Crippen molar-refractivity contribution in [1.82, 2.24) is 15.1 Å². The van der Waals surface area contributed by atoms with Crippen LogP contribution in [0.2, 0.25) is 0 Å². The van der Waals surface area contributed by atoms with Crippen molar-refractivity contribution < 1.29 is 32.6 Å². The number of benzene rings is 3. The minimum absolute atomic E-state index is 0.0807. The Labute approximate surface area is 252 Å². The lowest BCUT2D eigenvalue weighted by molar-refractivity contribution is -0.192. The number of fused-ring (bicyclic) bond motifs is 3. The van der Waals surface area contributed by atoms with Crippen LogP contribution in [0, 0.1) is 0 Å². The summed E-state index contributed by atoms with van der Waals surface area (Å²) in [4.78, 5) is 24.3. The second-order valence-corrected chi connectivity index (χ2v) is 10.8. The zero-order valence-electron chi connectivity index (χ0n) is 24.5. The highest BCUT2D eigenvalue weighted by atomic mass is 19.4. The van der Waals surface area contributed by atoms with Crippen molar-refractivity contribution >= 4 is 40.6 Å². The minimum atomic E-state index is -5.08. The average Bonchev–Trinajstić information content (AvgIpc) is 3.55. The number of carbonyl (C=O) groups is 2. The van der Waals surface area contributed by atoms with Gasteiger partial charge in [0.25, 0.3) is 0 Å². The fourth-order valence-electron chi connectivity index (χ4n) is 5.72. The van der Waals surface area contributed by atoms with Crippen LogP contribution in [0.5, 0.6) is 5.75 Å². The molecule has 0 saturated heterocycles. The van der Waals surface area contributed by atoms with E-state index in [1.165, 1.54) is 5.56 Å². The quantitative estimate of drug-likeness (QED) is 0.209. The van der Waals surface area contributed by atoms with Crippen LogP contribution in [-0.4, -0.2) is 58.5 Å². The van der Waals surface area contributed by atoms with Gasteiger partial charge in [-0.1, -0.05) is 56.3 Å². The zero-order chi connectivity index (χ0) is 31.6. The maximum Gasteiger partial charge on any atom is 0.490 e. The number of ether oxygens (including phenoxy) is 1. The van der Waals surface area contributed by atoms with Crippen molar-refractivity contribution in [3.63, 3.8) is 0 Å². The molecule has 1 aromatic heterocycles. The van der Waals surface area contributed by atoms with E-state index in [9.17, 15) is 18.0 Å². The number of amides is 1. The SMILES string of the molecule is CCN(CC)Cc1ccc(/C=C/c2n[nH]c3cc([C@@H]4C[C@@]45C(=O)Nc4ccc(OC)cc45)ccc23)cc1.O=C(O)C(F)(F)F. The first-order chi connectivity index (χ1) is 21.0. The van der Waals surface area contributed by atoms with E-state index in [4.69, 9.17) is 14.6 Å². The number of hydrogen-bond donors (Lipinski definition) is 3. The van der Waals surface area contributed by atoms with Crippen molar-refractivity contribution in [3.8, 4) is 5.75 Å². The zero-order valence-corrected chi connectivity index (χ0v) is 24.5. The molecule has 0 bridgehead atoms. The van der Waals surface area contributed by atoms with E-state index in [2.05, 4.69) is 88.9 Å². The van der Waals surface area contributed by atoms with E-state index in [0.717, 1.165) is 70.8 Å². The molecule has 1 spiro atoms. The van der Waals surface area contributed by atoms with E-state index >= 15 is 0 Å². The maximum atomic E-state index is 13.0. The molecule has 8 nitrogen and oxygen atoms in total. The summed E-state index contributed by atoms with van der Waals surface area (Å²) >= 11 is 0. The third kappa shape index (κ3) is 6.05. The summed E-state index contributed by atoms with van der Waals surface area (Å²) in [5, 5.41) is 19.0. The molecule has 1 amide bonds. The Bertz CT molecular complexity index is 1710. The Balaban J connectivity index is 0.000000493. The Hall–Kier alpha value is -4.64. The smallest absolute Gasteiger partial charge is 0.490 e. The molecule has 0 radical (unpaired) electrons. The standard InChI is InChI=1S/C31H32N4O2.C2HF3O2/c1-4-35(5-2)19-21-8-6-20(7-9-21)10-14-27-24-13-11-22(16-29(24)34-33-27)26-18-31(26)25-17-23(37-3)12-15-28(25)32-30(31)36;3-2(4,5)1(6)7/h6-17,26H,4-5,18-19H2,1-3H3,(H,32,36)(H,33,34);(H,6,7)/b14-10+;/t26-,31-;/m0./s1. The van der Waals surface area contributed by atoms with Crippen LogP contribution in [0.3, 0.4) is 0 Å². The van der Waals surface area contributed by atoms with Gasteiger partial charge in [0, 0.05) is 23.5 Å². The maximum absolute atomic E-state index is 13.0. The van der Waals surface area contributed by atoms with Crippen LogP contribution < -0.4 is 10.1 Å². The largest absolute Gasteiger partial charge is 0.497 e. The highest BCUT2D eigenvalue weighted by Crippen LogP contribution is 2.65. The van der Waals surface area contributed by atoms with E-state index in [1.54, 1.807) is 7.11 Å². The van der Waals surface area contributed by atoms with Crippen LogP contribution in [0.25, 0.3) is 23.1 Å². The molecule has 2 aliphatic rings. The van der Waals surface area contributed by atoms with E-state index in [0.29, 0.717) is 0 Å². The normalized spacial score (nSPS) is 18.8. The number of methoxy groups -OCH3 is 1. The molecule has 2 heterocycles. The van der Waals surface area contributed by atoms with Crippen molar-refractivity contribution in [3.05, 3.63) is 88.6 Å². The van der Waals surface area contributed by atoms with Gasteiger partial charge in [-0.2, -0.15) is 18.3 Å². The number of aliphatic carboxylic acids is 1. The number of aromatic amines is 1. The van der Waals surface area contributed by atoms with Crippen LogP contribution in [0.4, 0.5) is 18.9 Å². The first kappa shape index (κ1) is 30.8. The fourth-order valence-corrected chi connectivity index (χ4v) is 5.72. The molecule has 0 unspecified atom stereocenters. The Morgan fingerprint density at radius 2 is 1.80 bits per heavy atom. The van der Waals surface area contributed by atoms with Gasteiger partial charge in [0.15, 0.2) is 0 Å². The summed E-state index contributed by atoms with van der Waals surface area (Å²) in [7, 11) is 1.66. The van der Waals surface area contributed by atoms with Gasteiger partial charge in [-0.3, -0.25) is 14.8 Å². The molecule has 11 heteroatoms. The molecule has 44 heavy (non-hydrogen) atoms. The third-order valence-corrected chi connectivity index (χ3v) is 8.30. The van der Waals surface area contributed by atoms with Gasteiger partial charge >= 0.3 is 12.1 Å². The molecule has 3 N–H and O–H groups in total. The number of anilines is 1. The van der Waals surface area contributed by atoms with Gasteiger partial charge in [-0.05, 0) is 72.1 Å². The molecule has 1 aliphatic heterocycles. The number of halogens is 3. The highest BCUT2D eigenvalue weighted by Gasteiger charge is 2.65. The summed E-state index contributed by atoms with van der Waals surface area (Å²) in [6.45, 7) is 7.49. The van der Waals surface area contributed by atoms with Crippen LogP contribution >= 0.6 is 0 Å². The number of hydrogen-bond acceptors (Lipinski definition) is 5. The summed E-state index contributed by atoms with van der Waals surface area (Å²) < 4.78 is 37.2. The Morgan fingerprint density at radius 3 is 2.43 bits per heavy atom. The summed E-state index contributed by atoms with van der Waals surface area (Å²) in [5.41, 5.74) is 6.96. The number of nitrogens with one attached hydrogen (secondary N) is 2. The second-order valence-electron chi connectivity index (χ2n) is 10.8. The summed E-state index contributed by atoms with van der Waals surface area (Å²) in [6.07, 6.45) is -0.118. The lowest BCUT2D eigenvalue weighted by atomic mass is 9.91. The van der Waals surface area contributed by atoms with Gasteiger partial charge in [-0.25, -0.2) is 4.79 Å². The Kier molecular flexibility index (Phi) is 8.51. The Morgan fingerprint density at radius 1 is 1.09 bits per heavy atom. The van der Waals surface area contributed by atoms with Crippen molar-refractivity contribution in [1.29, 1.82) is 0 Å². The number of nitrogens with zero attached hydrogens (tertiary/aromatic N) is 2. The van der Waals surface area contributed by atoms with Crippen molar-refractivity contribution in [2.45, 2.75) is 44.3 Å². The molecule has 4 aromatic rings.